The molecule has 3 heteroatoms. The summed E-state index contributed by atoms with van der Waals surface area (Å²) in [6, 6.07) is 6.48. The SMILES string of the molecule is CC(C)Cc1ccc(CCCCCCCCBr)c([C@H](C)C(=O)O)c1. The average molecular weight is 397 g/mol. The maximum absolute atomic E-state index is 11.5. The van der Waals surface area contributed by atoms with Gasteiger partial charge in [-0.05, 0) is 55.2 Å². The van der Waals surface area contributed by atoms with Gasteiger partial charge in [-0.25, -0.2) is 0 Å². The van der Waals surface area contributed by atoms with E-state index in [2.05, 4.69) is 48.0 Å². The number of unbranched alkanes of at least 4 members (excludes halogenated alkanes) is 5. The van der Waals surface area contributed by atoms with Crippen LogP contribution in [0, 0.1) is 5.92 Å². The molecular formula is C21H33BrO2. The third kappa shape index (κ3) is 7.83. The number of carbonyl (C=O) groups is 1. The number of hydrogen-bond donors (Lipinski definition) is 1. The van der Waals surface area contributed by atoms with E-state index in [-0.39, 0.29) is 0 Å². The Hall–Kier alpha value is -0.830. The van der Waals surface area contributed by atoms with E-state index in [1.54, 1.807) is 6.92 Å². The lowest BCUT2D eigenvalue weighted by Crippen LogP contribution is -2.11. The average Bonchev–Trinajstić information content (AvgIpc) is 2.53. The number of halogens is 1. The van der Waals surface area contributed by atoms with Gasteiger partial charge in [-0.2, -0.15) is 0 Å². The van der Waals surface area contributed by atoms with Crippen molar-refractivity contribution in [2.45, 2.75) is 78.1 Å². The standard InChI is InChI=1S/C21H33BrO2/c1-16(2)14-18-11-12-19(20(15-18)17(3)21(23)24)10-8-6-4-5-7-9-13-22/h11-12,15-17H,4-10,13-14H2,1-3H3,(H,23,24)/t17-/m0/s1. The second-order valence-corrected chi connectivity index (χ2v) is 8.04. The highest BCUT2D eigenvalue weighted by Crippen LogP contribution is 2.25. The molecule has 1 N–H and O–H groups in total. The zero-order chi connectivity index (χ0) is 17.9. The third-order valence-corrected chi connectivity index (χ3v) is 5.08. The van der Waals surface area contributed by atoms with Crippen molar-refractivity contribution >= 4 is 21.9 Å². The van der Waals surface area contributed by atoms with Gasteiger partial charge in [-0.15, -0.1) is 0 Å². The number of benzene rings is 1. The molecule has 0 fully saturated rings. The fourth-order valence-corrected chi connectivity index (χ4v) is 3.52. The molecule has 2 nitrogen and oxygen atoms in total. The minimum Gasteiger partial charge on any atom is -0.481 e. The Bertz CT molecular complexity index is 497. The molecule has 1 aromatic carbocycles. The van der Waals surface area contributed by atoms with Crippen LogP contribution in [0.4, 0.5) is 0 Å². The van der Waals surface area contributed by atoms with Crippen LogP contribution in [0.1, 0.15) is 81.9 Å². The van der Waals surface area contributed by atoms with Crippen molar-refractivity contribution in [3.05, 3.63) is 34.9 Å². The van der Waals surface area contributed by atoms with Gasteiger partial charge in [0.15, 0.2) is 0 Å². The minimum absolute atomic E-state index is 0.425. The van der Waals surface area contributed by atoms with Crippen LogP contribution in [0.5, 0.6) is 0 Å². The predicted octanol–water partition coefficient (Wildman–Crippen LogP) is 6.35. The first-order valence-corrected chi connectivity index (χ1v) is 10.5. The van der Waals surface area contributed by atoms with E-state index < -0.39 is 11.9 Å². The molecule has 136 valence electrons. The summed E-state index contributed by atoms with van der Waals surface area (Å²) in [4.78, 5) is 11.5. The minimum atomic E-state index is -0.729. The van der Waals surface area contributed by atoms with Crippen molar-refractivity contribution in [1.82, 2.24) is 0 Å². The van der Waals surface area contributed by atoms with E-state index in [1.165, 1.54) is 43.2 Å². The van der Waals surface area contributed by atoms with Gasteiger partial charge < -0.3 is 5.11 Å². The highest BCUT2D eigenvalue weighted by molar-refractivity contribution is 9.09. The number of aliphatic carboxylic acids is 1. The molecule has 0 radical (unpaired) electrons. The summed E-state index contributed by atoms with van der Waals surface area (Å²) in [5.74, 6) is -0.567. The van der Waals surface area contributed by atoms with Gasteiger partial charge in [-0.1, -0.05) is 73.7 Å². The maximum Gasteiger partial charge on any atom is 0.310 e. The zero-order valence-electron chi connectivity index (χ0n) is 15.5. The second-order valence-electron chi connectivity index (χ2n) is 7.25. The van der Waals surface area contributed by atoms with Crippen molar-refractivity contribution in [3.8, 4) is 0 Å². The maximum atomic E-state index is 11.5. The molecule has 1 atom stereocenters. The highest BCUT2D eigenvalue weighted by atomic mass is 79.9. The highest BCUT2D eigenvalue weighted by Gasteiger charge is 2.18. The first-order valence-electron chi connectivity index (χ1n) is 9.36. The Kier molecular flexibility index (Phi) is 10.3. The molecule has 0 aliphatic carbocycles. The van der Waals surface area contributed by atoms with Crippen LogP contribution in [-0.2, 0) is 17.6 Å². The quantitative estimate of drug-likeness (QED) is 0.330. The lowest BCUT2D eigenvalue weighted by molar-refractivity contribution is -0.138. The molecule has 0 saturated carbocycles. The number of alkyl halides is 1. The number of hydrogen-bond acceptors (Lipinski definition) is 1. The molecule has 0 amide bonds. The van der Waals surface area contributed by atoms with Crippen LogP contribution >= 0.6 is 15.9 Å². The molecule has 0 aromatic heterocycles. The molecule has 0 aliphatic heterocycles. The van der Waals surface area contributed by atoms with Crippen LogP contribution < -0.4 is 0 Å². The molecule has 0 saturated heterocycles. The van der Waals surface area contributed by atoms with Gasteiger partial charge in [0.05, 0.1) is 5.92 Å². The number of carboxylic acids is 1. The first-order chi connectivity index (χ1) is 11.5. The predicted molar refractivity (Wildman–Crippen MR) is 106 cm³/mol. The van der Waals surface area contributed by atoms with E-state index in [1.807, 2.05) is 0 Å². The van der Waals surface area contributed by atoms with Crippen LogP contribution in [0.15, 0.2) is 18.2 Å². The van der Waals surface area contributed by atoms with Gasteiger partial charge in [0, 0.05) is 5.33 Å². The Balaban J connectivity index is 2.65. The molecule has 24 heavy (non-hydrogen) atoms. The van der Waals surface area contributed by atoms with E-state index in [9.17, 15) is 9.90 Å². The number of aryl methyl sites for hydroxylation is 1. The largest absolute Gasteiger partial charge is 0.481 e. The van der Waals surface area contributed by atoms with Gasteiger partial charge in [-0.3, -0.25) is 4.79 Å². The summed E-state index contributed by atoms with van der Waals surface area (Å²) in [5.41, 5.74) is 3.49. The lowest BCUT2D eigenvalue weighted by Gasteiger charge is -2.16. The summed E-state index contributed by atoms with van der Waals surface area (Å²) >= 11 is 3.47. The molecular weight excluding hydrogens is 364 g/mol. The summed E-state index contributed by atoms with van der Waals surface area (Å²) < 4.78 is 0. The first kappa shape index (κ1) is 21.2. The zero-order valence-corrected chi connectivity index (χ0v) is 17.1. The monoisotopic (exact) mass is 396 g/mol. The van der Waals surface area contributed by atoms with Gasteiger partial charge in [0.1, 0.15) is 0 Å². The Labute approximate surface area is 156 Å². The number of rotatable bonds is 12. The molecule has 0 spiro atoms. The van der Waals surface area contributed by atoms with Crippen LogP contribution in [-0.4, -0.2) is 16.4 Å². The molecule has 0 heterocycles. The Morgan fingerprint density at radius 1 is 1.04 bits per heavy atom. The summed E-state index contributed by atoms with van der Waals surface area (Å²) in [5, 5.41) is 10.5. The van der Waals surface area contributed by atoms with Crippen molar-refractivity contribution in [2.75, 3.05) is 5.33 Å². The van der Waals surface area contributed by atoms with E-state index in [0.717, 1.165) is 30.2 Å². The summed E-state index contributed by atoms with van der Waals surface area (Å²) in [6.07, 6.45) is 9.53. The van der Waals surface area contributed by atoms with Crippen LogP contribution in [0.25, 0.3) is 0 Å². The topological polar surface area (TPSA) is 37.3 Å². The summed E-state index contributed by atoms with van der Waals surface area (Å²) in [6.45, 7) is 6.20. The van der Waals surface area contributed by atoms with Crippen LogP contribution in [0.3, 0.4) is 0 Å². The molecule has 1 rings (SSSR count). The van der Waals surface area contributed by atoms with E-state index in [0.29, 0.717) is 5.92 Å². The van der Waals surface area contributed by atoms with Gasteiger partial charge in [0.25, 0.3) is 0 Å². The van der Waals surface area contributed by atoms with Gasteiger partial charge >= 0.3 is 5.97 Å². The second kappa shape index (κ2) is 11.7. The normalized spacial score (nSPS) is 12.5. The molecule has 0 bridgehead atoms. The van der Waals surface area contributed by atoms with E-state index >= 15 is 0 Å². The Morgan fingerprint density at radius 3 is 2.25 bits per heavy atom. The summed E-state index contributed by atoms with van der Waals surface area (Å²) in [7, 11) is 0. The smallest absolute Gasteiger partial charge is 0.310 e. The molecule has 0 unspecified atom stereocenters. The van der Waals surface area contributed by atoms with Crippen molar-refractivity contribution < 1.29 is 9.90 Å². The van der Waals surface area contributed by atoms with Crippen molar-refractivity contribution in [3.63, 3.8) is 0 Å². The molecule has 1 aromatic rings. The van der Waals surface area contributed by atoms with Gasteiger partial charge in [0.2, 0.25) is 0 Å². The Morgan fingerprint density at radius 2 is 1.67 bits per heavy atom. The van der Waals surface area contributed by atoms with Crippen molar-refractivity contribution in [1.29, 1.82) is 0 Å². The molecule has 0 aliphatic rings. The number of carboxylic acid groups (broad SMARTS) is 1. The van der Waals surface area contributed by atoms with E-state index in [4.69, 9.17) is 0 Å². The fourth-order valence-electron chi connectivity index (χ4n) is 3.12. The third-order valence-electron chi connectivity index (χ3n) is 4.52. The van der Waals surface area contributed by atoms with Crippen molar-refractivity contribution in [2.24, 2.45) is 5.92 Å². The lowest BCUT2D eigenvalue weighted by atomic mass is 9.89. The fraction of sp³-hybridized carbons (Fsp3) is 0.667. The van der Waals surface area contributed by atoms with Crippen LogP contribution in [0.2, 0.25) is 0 Å².